The fraction of sp³-hybridized carbons (Fsp3) is 0.231. The van der Waals surface area contributed by atoms with Gasteiger partial charge in [0.2, 0.25) is 15.9 Å². The molecule has 1 amide bonds. The van der Waals surface area contributed by atoms with Crippen LogP contribution in [-0.4, -0.2) is 37.8 Å². The van der Waals surface area contributed by atoms with E-state index in [1.54, 1.807) is 36.4 Å². The van der Waals surface area contributed by atoms with Gasteiger partial charge in [0.25, 0.3) is 0 Å². The van der Waals surface area contributed by atoms with Crippen molar-refractivity contribution in [2.75, 3.05) is 18.5 Å². The molecule has 0 aromatic heterocycles. The highest BCUT2D eigenvalue weighted by atomic mass is 35.5. The molecule has 0 spiro atoms. The number of nitrogens with one attached hydrogen (secondary N) is 1. The maximum Gasteiger partial charge on any atom is 0.338 e. The molecule has 0 unspecified atom stereocenters. The molecule has 0 bridgehead atoms. The van der Waals surface area contributed by atoms with E-state index in [1.807, 2.05) is 6.92 Å². The molecule has 36 heavy (non-hydrogen) atoms. The van der Waals surface area contributed by atoms with Crippen LogP contribution in [0.5, 0.6) is 0 Å². The normalized spacial score (nSPS) is 11.3. The number of unbranched alkanes of at least 4 members (excludes halogenated alkanes) is 1. The first-order chi connectivity index (χ1) is 17.2. The Labute approximate surface area is 221 Å². The number of hydrogen-bond donors (Lipinski definition) is 1. The van der Waals surface area contributed by atoms with Crippen LogP contribution in [0.4, 0.5) is 5.69 Å². The molecule has 3 aromatic carbocycles. The van der Waals surface area contributed by atoms with E-state index in [9.17, 15) is 18.0 Å². The van der Waals surface area contributed by atoms with Crippen molar-refractivity contribution in [3.63, 3.8) is 0 Å². The van der Waals surface area contributed by atoms with Crippen LogP contribution in [0.15, 0.2) is 77.7 Å². The number of anilines is 1. The van der Waals surface area contributed by atoms with Crippen molar-refractivity contribution in [3.05, 3.63) is 94.0 Å². The van der Waals surface area contributed by atoms with Crippen molar-refractivity contribution in [1.29, 1.82) is 0 Å². The van der Waals surface area contributed by atoms with Gasteiger partial charge in [0, 0.05) is 22.3 Å². The average molecular weight is 549 g/mol. The Morgan fingerprint density at radius 3 is 2.28 bits per heavy atom. The van der Waals surface area contributed by atoms with Gasteiger partial charge >= 0.3 is 5.97 Å². The predicted molar refractivity (Wildman–Crippen MR) is 141 cm³/mol. The molecule has 10 heteroatoms. The van der Waals surface area contributed by atoms with Crippen LogP contribution < -0.4 is 5.32 Å². The summed E-state index contributed by atoms with van der Waals surface area (Å²) >= 11 is 12.0. The SMILES string of the molecule is CCCCOC(=O)c1ccc(NC(=O)CN(Cc2cccc(Cl)c2)S(=O)(=O)c2ccc(Cl)cc2)cc1. The van der Waals surface area contributed by atoms with E-state index in [0.717, 1.165) is 17.1 Å². The fourth-order valence-corrected chi connectivity index (χ4v) is 4.99. The van der Waals surface area contributed by atoms with Crippen LogP contribution in [-0.2, 0) is 26.1 Å². The molecule has 3 aromatic rings. The maximum absolute atomic E-state index is 13.4. The Kier molecular flexibility index (Phi) is 9.89. The molecule has 0 saturated heterocycles. The third-order valence-corrected chi connectivity index (χ3v) is 7.45. The van der Waals surface area contributed by atoms with Crippen LogP contribution in [0.25, 0.3) is 0 Å². The standard InChI is InChI=1S/C26H26Cl2N2O5S/c1-2-3-15-35-26(32)20-7-11-23(12-8-20)29-25(31)18-30(17-19-5-4-6-22(28)16-19)36(33,34)24-13-9-21(27)10-14-24/h4-14,16H,2-3,15,17-18H2,1H3,(H,29,31). The number of amides is 1. The number of nitrogens with zero attached hydrogens (tertiary/aromatic N) is 1. The van der Waals surface area contributed by atoms with Gasteiger partial charge in [0.1, 0.15) is 0 Å². The second-order valence-corrected chi connectivity index (χ2v) is 10.8. The molecular formula is C26H26Cl2N2O5S. The zero-order valence-electron chi connectivity index (χ0n) is 19.6. The minimum atomic E-state index is -4.04. The van der Waals surface area contributed by atoms with Gasteiger partial charge in [-0.3, -0.25) is 4.79 Å². The van der Waals surface area contributed by atoms with Gasteiger partial charge in [-0.1, -0.05) is 48.7 Å². The molecule has 0 aliphatic carbocycles. The lowest BCUT2D eigenvalue weighted by atomic mass is 10.2. The third-order valence-electron chi connectivity index (χ3n) is 5.15. The molecule has 0 atom stereocenters. The number of ether oxygens (including phenoxy) is 1. The number of halogens is 2. The molecule has 0 heterocycles. The summed E-state index contributed by atoms with van der Waals surface area (Å²) in [7, 11) is -4.04. The Hall–Kier alpha value is -2.91. The summed E-state index contributed by atoms with van der Waals surface area (Å²) in [5.74, 6) is -0.990. The highest BCUT2D eigenvalue weighted by molar-refractivity contribution is 7.89. The van der Waals surface area contributed by atoms with Gasteiger partial charge in [0.05, 0.1) is 23.6 Å². The fourth-order valence-electron chi connectivity index (χ4n) is 3.26. The molecule has 190 valence electrons. The minimum Gasteiger partial charge on any atom is -0.462 e. The summed E-state index contributed by atoms with van der Waals surface area (Å²) in [6, 6.07) is 18.7. The van der Waals surface area contributed by atoms with Crippen molar-refractivity contribution in [2.45, 2.75) is 31.2 Å². The zero-order chi connectivity index (χ0) is 26.1. The zero-order valence-corrected chi connectivity index (χ0v) is 21.9. The lowest BCUT2D eigenvalue weighted by Gasteiger charge is -2.22. The number of rotatable bonds is 11. The van der Waals surface area contributed by atoms with E-state index in [0.29, 0.717) is 33.5 Å². The minimum absolute atomic E-state index is 0.00710. The highest BCUT2D eigenvalue weighted by Gasteiger charge is 2.27. The topological polar surface area (TPSA) is 92.8 Å². The smallest absolute Gasteiger partial charge is 0.338 e. The van der Waals surface area contributed by atoms with Gasteiger partial charge in [0.15, 0.2) is 0 Å². The Morgan fingerprint density at radius 1 is 0.944 bits per heavy atom. The number of hydrogen-bond acceptors (Lipinski definition) is 5. The number of carbonyl (C=O) groups is 2. The molecule has 0 aliphatic heterocycles. The Morgan fingerprint density at radius 2 is 1.64 bits per heavy atom. The number of carbonyl (C=O) groups excluding carboxylic acids is 2. The number of sulfonamides is 1. The van der Waals surface area contributed by atoms with Crippen molar-refractivity contribution in [1.82, 2.24) is 4.31 Å². The average Bonchev–Trinajstić information content (AvgIpc) is 2.84. The molecule has 1 N–H and O–H groups in total. The summed E-state index contributed by atoms with van der Waals surface area (Å²) in [6.07, 6.45) is 1.70. The molecule has 0 saturated carbocycles. The number of benzene rings is 3. The number of esters is 1. The molecule has 3 rings (SSSR count). The van der Waals surface area contributed by atoms with Gasteiger partial charge in [-0.15, -0.1) is 0 Å². The van der Waals surface area contributed by atoms with E-state index >= 15 is 0 Å². The van der Waals surface area contributed by atoms with Crippen molar-refractivity contribution in [2.24, 2.45) is 0 Å². The first-order valence-corrected chi connectivity index (χ1v) is 13.5. The van der Waals surface area contributed by atoms with Crippen LogP contribution in [0.3, 0.4) is 0 Å². The van der Waals surface area contributed by atoms with Gasteiger partial charge < -0.3 is 10.1 Å². The van der Waals surface area contributed by atoms with Crippen molar-refractivity contribution < 1.29 is 22.7 Å². The van der Waals surface area contributed by atoms with E-state index in [4.69, 9.17) is 27.9 Å². The van der Waals surface area contributed by atoms with Crippen molar-refractivity contribution in [3.8, 4) is 0 Å². The van der Waals surface area contributed by atoms with E-state index in [-0.39, 0.29) is 11.4 Å². The van der Waals surface area contributed by atoms with Crippen LogP contribution in [0.1, 0.15) is 35.7 Å². The molecule has 7 nitrogen and oxygen atoms in total. The van der Waals surface area contributed by atoms with Crippen molar-refractivity contribution >= 4 is 50.8 Å². The van der Waals surface area contributed by atoms with Crippen LogP contribution in [0.2, 0.25) is 10.0 Å². The third kappa shape index (κ3) is 7.80. The summed E-state index contributed by atoms with van der Waals surface area (Å²) in [5, 5.41) is 3.52. The quantitative estimate of drug-likeness (QED) is 0.242. The molecule has 0 fully saturated rings. The van der Waals surface area contributed by atoms with Crippen LogP contribution >= 0.6 is 23.2 Å². The predicted octanol–water partition coefficient (Wildman–Crippen LogP) is 5.78. The molecular weight excluding hydrogens is 523 g/mol. The first-order valence-electron chi connectivity index (χ1n) is 11.3. The summed E-state index contributed by atoms with van der Waals surface area (Å²) in [5.41, 5.74) is 1.40. The lowest BCUT2D eigenvalue weighted by molar-refractivity contribution is -0.116. The second-order valence-electron chi connectivity index (χ2n) is 7.97. The first kappa shape index (κ1) is 27.7. The molecule has 0 radical (unpaired) electrons. The summed E-state index contributed by atoms with van der Waals surface area (Å²) in [4.78, 5) is 24.9. The Bertz CT molecular complexity index is 1300. The van der Waals surface area contributed by atoms with E-state index in [1.165, 1.54) is 36.4 Å². The largest absolute Gasteiger partial charge is 0.462 e. The summed E-state index contributed by atoms with van der Waals surface area (Å²) < 4.78 is 33.0. The maximum atomic E-state index is 13.4. The van der Waals surface area contributed by atoms with Crippen LogP contribution in [0, 0.1) is 0 Å². The van der Waals surface area contributed by atoms with Gasteiger partial charge in [-0.25, -0.2) is 13.2 Å². The van der Waals surface area contributed by atoms with E-state index in [2.05, 4.69) is 5.32 Å². The Balaban J connectivity index is 1.75. The molecule has 0 aliphatic rings. The van der Waals surface area contributed by atoms with E-state index < -0.39 is 28.4 Å². The van der Waals surface area contributed by atoms with Gasteiger partial charge in [-0.05, 0) is 72.6 Å². The second kappa shape index (κ2) is 12.9. The monoisotopic (exact) mass is 548 g/mol. The van der Waals surface area contributed by atoms with Gasteiger partial charge in [-0.2, -0.15) is 4.31 Å². The highest BCUT2D eigenvalue weighted by Crippen LogP contribution is 2.22. The lowest BCUT2D eigenvalue weighted by Crippen LogP contribution is -2.37. The summed E-state index contributed by atoms with van der Waals surface area (Å²) in [6.45, 7) is 1.83.